The van der Waals surface area contributed by atoms with E-state index in [0.717, 1.165) is 36.2 Å². The Morgan fingerprint density at radius 1 is 0.923 bits per heavy atom. The first kappa shape index (κ1) is 27.2. The average Bonchev–Trinajstić information content (AvgIpc) is 3.37. The lowest BCUT2D eigenvalue weighted by Gasteiger charge is -2.20. The molecule has 39 heavy (non-hydrogen) atoms. The number of benzene rings is 3. The van der Waals surface area contributed by atoms with Crippen LogP contribution >= 0.6 is 0 Å². The summed E-state index contributed by atoms with van der Waals surface area (Å²) in [6.45, 7) is 11.2. The van der Waals surface area contributed by atoms with Crippen molar-refractivity contribution < 1.29 is 19.4 Å². The number of likely N-dealkylation sites (tertiary alicyclic amines) is 1. The van der Waals surface area contributed by atoms with Gasteiger partial charge < -0.3 is 19.9 Å². The molecule has 1 saturated heterocycles. The van der Waals surface area contributed by atoms with Crippen molar-refractivity contribution in [2.24, 2.45) is 11.8 Å². The lowest BCUT2D eigenvalue weighted by atomic mass is 9.87. The fraction of sp³-hybridized carbons (Fsp3) is 0.424. The van der Waals surface area contributed by atoms with Crippen LogP contribution in [0.2, 0.25) is 0 Å². The minimum atomic E-state index is -0.977. The van der Waals surface area contributed by atoms with E-state index >= 15 is 0 Å². The summed E-state index contributed by atoms with van der Waals surface area (Å²) < 4.78 is 11.7. The lowest BCUT2D eigenvalue weighted by Crippen LogP contribution is -2.33. The van der Waals surface area contributed by atoms with Gasteiger partial charge in [-0.15, -0.1) is 0 Å². The third kappa shape index (κ3) is 7.20. The van der Waals surface area contributed by atoms with Gasteiger partial charge in [0.05, 0.1) is 0 Å². The summed E-state index contributed by atoms with van der Waals surface area (Å²) in [5.74, 6) is 1.89. The van der Waals surface area contributed by atoms with Crippen LogP contribution in [0, 0.1) is 11.8 Å². The normalized spacial score (nSPS) is 21.3. The number of hydrogen-bond donors (Lipinski definition) is 2. The first-order valence-corrected chi connectivity index (χ1v) is 14.0. The van der Waals surface area contributed by atoms with E-state index in [-0.39, 0.29) is 11.8 Å². The van der Waals surface area contributed by atoms with Crippen LogP contribution in [-0.4, -0.2) is 54.4 Å². The molecule has 5 rings (SSSR count). The molecule has 3 aromatic rings. The van der Waals surface area contributed by atoms with Crippen molar-refractivity contribution in [1.82, 2.24) is 10.2 Å². The van der Waals surface area contributed by atoms with Gasteiger partial charge in [-0.3, -0.25) is 4.90 Å². The Kier molecular flexibility index (Phi) is 8.24. The van der Waals surface area contributed by atoms with Crippen LogP contribution in [0.15, 0.2) is 78.9 Å². The first-order valence-electron chi connectivity index (χ1n) is 14.0. The third-order valence-corrected chi connectivity index (χ3v) is 7.89. The summed E-state index contributed by atoms with van der Waals surface area (Å²) in [6, 6.07) is 26.6. The molecule has 1 heterocycles. The van der Waals surface area contributed by atoms with Crippen molar-refractivity contribution in [3.8, 4) is 11.5 Å². The lowest BCUT2D eigenvalue weighted by molar-refractivity contribution is -0.145. The molecular formula is C33H40N2O4. The van der Waals surface area contributed by atoms with Crippen molar-refractivity contribution in [3.63, 3.8) is 0 Å². The van der Waals surface area contributed by atoms with Gasteiger partial charge in [-0.1, -0.05) is 75.4 Å². The molecule has 1 unspecified atom stereocenters. The minimum Gasteiger partial charge on any atom is -0.492 e. The van der Waals surface area contributed by atoms with Gasteiger partial charge in [0.1, 0.15) is 18.1 Å². The van der Waals surface area contributed by atoms with E-state index < -0.39 is 12.1 Å². The standard InChI is InChI=1S/C33H40N2O4/c1-33(2,3)25-11-15-27(16-12-25)39-30(32(36)37)19-23-9-13-26(14-10-23)38-18-17-34-31-28-21-35(22-29(28)31)20-24-7-5-4-6-8-24/h4-16,28-31,34H,17-22H2,1-3H3,(H,36,37)/t28-,29+,30-,31?/m0/s1. The van der Waals surface area contributed by atoms with E-state index in [4.69, 9.17) is 9.47 Å². The Hall–Kier alpha value is -3.35. The van der Waals surface area contributed by atoms with Crippen LogP contribution < -0.4 is 14.8 Å². The summed E-state index contributed by atoms with van der Waals surface area (Å²) in [5.41, 5.74) is 3.49. The Morgan fingerprint density at radius 3 is 2.18 bits per heavy atom. The zero-order chi connectivity index (χ0) is 27.4. The Balaban J connectivity index is 1.01. The van der Waals surface area contributed by atoms with Gasteiger partial charge in [0.15, 0.2) is 6.10 Å². The number of carboxylic acids is 1. The highest BCUT2D eigenvalue weighted by atomic mass is 16.5. The molecule has 1 saturated carbocycles. The second kappa shape index (κ2) is 11.8. The van der Waals surface area contributed by atoms with Crippen molar-refractivity contribution in [2.75, 3.05) is 26.2 Å². The molecule has 0 amide bonds. The highest BCUT2D eigenvalue weighted by Crippen LogP contribution is 2.45. The molecule has 0 spiro atoms. The zero-order valence-corrected chi connectivity index (χ0v) is 23.2. The molecule has 3 aromatic carbocycles. The molecule has 6 nitrogen and oxygen atoms in total. The highest BCUT2D eigenvalue weighted by molar-refractivity contribution is 5.73. The molecule has 2 N–H and O–H groups in total. The first-order chi connectivity index (χ1) is 18.8. The number of aliphatic carboxylic acids is 1. The topological polar surface area (TPSA) is 71.0 Å². The minimum absolute atomic E-state index is 0.0339. The Labute approximate surface area is 232 Å². The molecule has 2 fully saturated rings. The maximum Gasteiger partial charge on any atom is 0.345 e. The predicted octanol–water partition coefficient (Wildman–Crippen LogP) is 5.16. The predicted molar refractivity (Wildman–Crippen MR) is 153 cm³/mol. The van der Waals surface area contributed by atoms with Crippen molar-refractivity contribution in [3.05, 3.63) is 95.6 Å². The van der Waals surface area contributed by atoms with E-state index in [9.17, 15) is 9.90 Å². The highest BCUT2D eigenvalue weighted by Gasteiger charge is 2.55. The maximum atomic E-state index is 11.8. The van der Waals surface area contributed by atoms with E-state index in [0.29, 0.717) is 18.4 Å². The summed E-state index contributed by atoms with van der Waals surface area (Å²) >= 11 is 0. The third-order valence-electron chi connectivity index (χ3n) is 7.89. The molecule has 6 heteroatoms. The SMILES string of the molecule is CC(C)(C)c1ccc(O[C@@H](Cc2ccc(OCCNC3[C@H]4CN(Cc5ccccc5)C[C@@H]34)cc2)C(=O)O)cc1. The zero-order valence-electron chi connectivity index (χ0n) is 23.2. The molecule has 206 valence electrons. The van der Waals surface area contributed by atoms with Gasteiger partial charge in [0, 0.05) is 38.6 Å². The number of ether oxygens (including phenoxy) is 2. The molecule has 0 bridgehead atoms. The van der Waals surface area contributed by atoms with Crippen LogP contribution in [0.4, 0.5) is 0 Å². The molecule has 1 aliphatic heterocycles. The molecular weight excluding hydrogens is 488 g/mol. The van der Waals surface area contributed by atoms with E-state index in [2.05, 4.69) is 61.3 Å². The van der Waals surface area contributed by atoms with Crippen LogP contribution in [-0.2, 0) is 23.2 Å². The average molecular weight is 529 g/mol. The van der Waals surface area contributed by atoms with Crippen LogP contribution in [0.25, 0.3) is 0 Å². The van der Waals surface area contributed by atoms with Crippen molar-refractivity contribution in [1.29, 1.82) is 0 Å². The summed E-state index contributed by atoms with van der Waals surface area (Å²) in [4.78, 5) is 14.4. The quantitative estimate of drug-likeness (QED) is 0.317. The van der Waals surface area contributed by atoms with Gasteiger partial charge in [-0.25, -0.2) is 4.79 Å². The number of nitrogens with one attached hydrogen (secondary N) is 1. The van der Waals surface area contributed by atoms with Gasteiger partial charge >= 0.3 is 5.97 Å². The Morgan fingerprint density at radius 2 is 1.56 bits per heavy atom. The van der Waals surface area contributed by atoms with E-state index in [1.807, 2.05) is 48.5 Å². The van der Waals surface area contributed by atoms with Crippen LogP contribution in [0.5, 0.6) is 11.5 Å². The van der Waals surface area contributed by atoms with Gasteiger partial charge in [0.2, 0.25) is 0 Å². The molecule has 0 radical (unpaired) electrons. The number of carboxylic acid groups (broad SMARTS) is 1. The summed E-state index contributed by atoms with van der Waals surface area (Å²) in [7, 11) is 0. The number of hydrogen-bond acceptors (Lipinski definition) is 5. The number of fused-ring (bicyclic) bond motifs is 1. The van der Waals surface area contributed by atoms with Crippen LogP contribution in [0.1, 0.15) is 37.5 Å². The fourth-order valence-corrected chi connectivity index (χ4v) is 5.59. The van der Waals surface area contributed by atoms with E-state index in [1.54, 1.807) is 0 Å². The van der Waals surface area contributed by atoms with Gasteiger partial charge in [-0.2, -0.15) is 0 Å². The molecule has 1 aliphatic carbocycles. The second-order valence-corrected chi connectivity index (χ2v) is 11.9. The van der Waals surface area contributed by atoms with E-state index in [1.165, 1.54) is 24.2 Å². The maximum absolute atomic E-state index is 11.8. The van der Waals surface area contributed by atoms with Gasteiger partial charge in [0.25, 0.3) is 0 Å². The summed E-state index contributed by atoms with van der Waals surface area (Å²) in [6.07, 6.45) is -0.674. The van der Waals surface area contributed by atoms with Crippen molar-refractivity contribution in [2.45, 2.75) is 51.3 Å². The number of piperidine rings is 1. The molecule has 2 aliphatic rings. The second-order valence-electron chi connectivity index (χ2n) is 11.9. The van der Waals surface area contributed by atoms with Gasteiger partial charge in [-0.05, 0) is 58.2 Å². The smallest absolute Gasteiger partial charge is 0.345 e. The summed E-state index contributed by atoms with van der Waals surface area (Å²) in [5, 5.41) is 13.4. The number of rotatable bonds is 12. The molecule has 4 atom stereocenters. The Bertz CT molecular complexity index is 1210. The fourth-order valence-electron chi connectivity index (χ4n) is 5.59. The monoisotopic (exact) mass is 528 g/mol. The van der Waals surface area contributed by atoms with Crippen molar-refractivity contribution >= 4 is 5.97 Å². The largest absolute Gasteiger partial charge is 0.492 e. The number of nitrogens with zero attached hydrogens (tertiary/aromatic N) is 1. The molecule has 0 aromatic heterocycles. The van der Waals surface area contributed by atoms with Crippen LogP contribution in [0.3, 0.4) is 0 Å². The number of carbonyl (C=O) groups is 1.